The topological polar surface area (TPSA) is 83.4 Å². The lowest BCUT2D eigenvalue weighted by Crippen LogP contribution is -2.41. The van der Waals surface area contributed by atoms with Gasteiger partial charge in [0.25, 0.3) is 5.92 Å². The number of carbonyl (C=O) groups is 1. The number of nitrogens with zero attached hydrogens (tertiary/aromatic N) is 2. The van der Waals surface area contributed by atoms with Gasteiger partial charge >= 0.3 is 0 Å². The van der Waals surface area contributed by atoms with E-state index in [1.165, 1.54) is 11.9 Å². The molecular formula is C20H21ClF2N4O3. The van der Waals surface area contributed by atoms with Crippen LogP contribution in [0.4, 0.5) is 8.78 Å². The quantitative estimate of drug-likeness (QED) is 0.613. The Bertz CT molecular complexity index is 1080. The standard InChI is InChI=1S/C20H21ClF2N4O3/c1-11-3-14(30-26-11)9-29-18-6-16-12(5-15(18)21)4-13(25-16)8-24-19(28)17-7-20(22,23)10-27(17)2/h3-6,17,25H,7-10H2,1-2H3,(H,24,28)/t17-/m0/s1. The Morgan fingerprint density at radius 1 is 1.43 bits per heavy atom. The van der Waals surface area contributed by atoms with Crippen LogP contribution >= 0.6 is 11.6 Å². The fourth-order valence-electron chi connectivity index (χ4n) is 3.60. The Balaban J connectivity index is 1.41. The highest BCUT2D eigenvalue weighted by Gasteiger charge is 2.46. The number of rotatable bonds is 6. The van der Waals surface area contributed by atoms with E-state index < -0.39 is 30.8 Å². The van der Waals surface area contributed by atoms with Gasteiger partial charge in [-0.3, -0.25) is 9.69 Å². The van der Waals surface area contributed by atoms with Crippen molar-refractivity contribution in [3.05, 3.63) is 46.4 Å². The molecule has 7 nitrogen and oxygen atoms in total. The number of nitrogens with one attached hydrogen (secondary N) is 2. The maximum Gasteiger partial charge on any atom is 0.262 e. The molecular weight excluding hydrogens is 418 g/mol. The molecule has 4 rings (SSSR count). The molecule has 0 radical (unpaired) electrons. The second-order valence-corrected chi connectivity index (χ2v) is 8.00. The molecule has 0 bridgehead atoms. The normalized spacial score (nSPS) is 18.8. The molecule has 3 aromatic rings. The number of ether oxygens (including phenoxy) is 1. The molecule has 2 aromatic heterocycles. The number of aryl methyl sites for hydroxylation is 1. The molecule has 3 heterocycles. The summed E-state index contributed by atoms with van der Waals surface area (Å²) in [6.07, 6.45) is -0.469. The fraction of sp³-hybridized carbons (Fsp3) is 0.400. The summed E-state index contributed by atoms with van der Waals surface area (Å²) in [5.41, 5.74) is 2.26. The summed E-state index contributed by atoms with van der Waals surface area (Å²) in [5, 5.41) is 7.80. The van der Waals surface area contributed by atoms with Crippen molar-refractivity contribution < 1.29 is 22.8 Å². The third-order valence-corrected chi connectivity index (χ3v) is 5.33. The van der Waals surface area contributed by atoms with E-state index in [2.05, 4.69) is 15.5 Å². The number of H-pyrrole nitrogens is 1. The second kappa shape index (κ2) is 7.88. The third-order valence-electron chi connectivity index (χ3n) is 5.04. The summed E-state index contributed by atoms with van der Waals surface area (Å²) in [5.74, 6) is -2.20. The predicted octanol–water partition coefficient (Wildman–Crippen LogP) is 3.65. The number of likely N-dealkylation sites (N-methyl/N-ethyl adjacent to an activating group) is 1. The Morgan fingerprint density at radius 3 is 2.90 bits per heavy atom. The Kier molecular flexibility index (Phi) is 5.42. The van der Waals surface area contributed by atoms with Crippen LogP contribution in [0.15, 0.2) is 28.8 Å². The van der Waals surface area contributed by atoms with Crippen LogP contribution in [-0.4, -0.2) is 46.5 Å². The zero-order valence-corrected chi connectivity index (χ0v) is 17.2. The van der Waals surface area contributed by atoms with Crippen molar-refractivity contribution in [2.75, 3.05) is 13.6 Å². The highest BCUT2D eigenvalue weighted by atomic mass is 35.5. The van der Waals surface area contributed by atoms with Gasteiger partial charge in [-0.25, -0.2) is 8.78 Å². The molecule has 1 atom stereocenters. The number of aromatic nitrogens is 2. The van der Waals surface area contributed by atoms with Crippen molar-refractivity contribution in [1.82, 2.24) is 20.4 Å². The number of hydrogen-bond donors (Lipinski definition) is 2. The van der Waals surface area contributed by atoms with Gasteiger partial charge in [-0.1, -0.05) is 16.8 Å². The summed E-state index contributed by atoms with van der Waals surface area (Å²) in [4.78, 5) is 16.9. The number of likely N-dealkylation sites (tertiary alicyclic amines) is 1. The molecule has 1 aromatic carbocycles. The third kappa shape index (κ3) is 4.41. The Morgan fingerprint density at radius 2 is 2.23 bits per heavy atom. The van der Waals surface area contributed by atoms with Crippen molar-refractivity contribution in [3.63, 3.8) is 0 Å². The molecule has 0 unspecified atom stereocenters. The maximum atomic E-state index is 13.5. The van der Waals surface area contributed by atoms with Crippen LogP contribution in [0.5, 0.6) is 5.75 Å². The summed E-state index contributed by atoms with van der Waals surface area (Å²) in [7, 11) is 1.53. The van der Waals surface area contributed by atoms with E-state index >= 15 is 0 Å². The molecule has 1 aliphatic rings. The molecule has 10 heteroatoms. The van der Waals surface area contributed by atoms with Gasteiger partial charge in [0, 0.05) is 35.2 Å². The molecule has 1 saturated heterocycles. The van der Waals surface area contributed by atoms with Crippen LogP contribution in [0.1, 0.15) is 23.6 Å². The largest absolute Gasteiger partial charge is 0.484 e. The van der Waals surface area contributed by atoms with Crippen LogP contribution in [0.2, 0.25) is 5.02 Å². The number of fused-ring (bicyclic) bond motifs is 1. The number of aromatic amines is 1. The van der Waals surface area contributed by atoms with Crippen molar-refractivity contribution in [2.45, 2.75) is 38.5 Å². The molecule has 1 amide bonds. The molecule has 0 aliphatic carbocycles. The van der Waals surface area contributed by atoms with E-state index in [9.17, 15) is 13.6 Å². The highest BCUT2D eigenvalue weighted by Crippen LogP contribution is 2.32. The molecule has 2 N–H and O–H groups in total. The lowest BCUT2D eigenvalue weighted by Gasteiger charge is -2.17. The molecule has 160 valence electrons. The first-order chi connectivity index (χ1) is 14.2. The van der Waals surface area contributed by atoms with Crippen molar-refractivity contribution in [1.29, 1.82) is 0 Å². The first-order valence-electron chi connectivity index (χ1n) is 9.42. The first kappa shape index (κ1) is 20.6. The zero-order chi connectivity index (χ0) is 21.5. The predicted molar refractivity (Wildman–Crippen MR) is 107 cm³/mol. The summed E-state index contributed by atoms with van der Waals surface area (Å²) in [6.45, 7) is 1.79. The molecule has 0 saturated carbocycles. The lowest BCUT2D eigenvalue weighted by atomic mass is 10.2. The van der Waals surface area contributed by atoms with Crippen LogP contribution in [0.25, 0.3) is 10.9 Å². The monoisotopic (exact) mass is 438 g/mol. The van der Waals surface area contributed by atoms with Gasteiger partial charge < -0.3 is 19.6 Å². The number of alkyl halides is 2. The van der Waals surface area contributed by atoms with Crippen LogP contribution in [0, 0.1) is 6.92 Å². The molecule has 30 heavy (non-hydrogen) atoms. The molecule has 1 aliphatic heterocycles. The van der Waals surface area contributed by atoms with E-state index in [0.29, 0.717) is 16.5 Å². The van der Waals surface area contributed by atoms with Gasteiger partial charge in [0.1, 0.15) is 12.4 Å². The van der Waals surface area contributed by atoms with Crippen LogP contribution in [-0.2, 0) is 17.9 Å². The molecule has 1 fully saturated rings. The summed E-state index contributed by atoms with van der Waals surface area (Å²) >= 11 is 6.31. The van der Waals surface area contributed by atoms with Gasteiger partial charge in [0.05, 0.1) is 29.8 Å². The van der Waals surface area contributed by atoms with Gasteiger partial charge in [-0.2, -0.15) is 0 Å². The SMILES string of the molecule is Cc1cc(COc2cc3[nH]c(CNC(=O)[C@@H]4CC(F)(F)CN4C)cc3cc2Cl)on1. The van der Waals surface area contributed by atoms with Gasteiger partial charge in [-0.05, 0) is 26.1 Å². The highest BCUT2D eigenvalue weighted by molar-refractivity contribution is 6.32. The number of benzene rings is 1. The minimum absolute atomic E-state index is 0.189. The average molecular weight is 439 g/mol. The van der Waals surface area contributed by atoms with E-state index in [-0.39, 0.29) is 13.2 Å². The van der Waals surface area contributed by atoms with E-state index in [0.717, 1.165) is 22.3 Å². The fourth-order valence-corrected chi connectivity index (χ4v) is 3.83. The average Bonchev–Trinajstić information content (AvgIpc) is 3.34. The minimum Gasteiger partial charge on any atom is -0.484 e. The zero-order valence-electron chi connectivity index (χ0n) is 16.5. The van der Waals surface area contributed by atoms with Gasteiger partial charge in [0.15, 0.2) is 5.76 Å². The van der Waals surface area contributed by atoms with E-state index in [1.807, 2.05) is 13.0 Å². The lowest BCUT2D eigenvalue weighted by molar-refractivity contribution is -0.125. The summed E-state index contributed by atoms with van der Waals surface area (Å²) < 4.78 is 37.8. The maximum absolute atomic E-state index is 13.5. The number of amides is 1. The first-order valence-corrected chi connectivity index (χ1v) is 9.80. The number of carbonyl (C=O) groups excluding carboxylic acids is 1. The number of hydrogen-bond acceptors (Lipinski definition) is 5. The van der Waals surface area contributed by atoms with E-state index in [4.69, 9.17) is 20.9 Å². The number of halogens is 3. The van der Waals surface area contributed by atoms with Gasteiger partial charge in [-0.15, -0.1) is 0 Å². The molecule has 0 spiro atoms. The van der Waals surface area contributed by atoms with Crippen LogP contribution in [0.3, 0.4) is 0 Å². The van der Waals surface area contributed by atoms with Crippen LogP contribution < -0.4 is 10.1 Å². The minimum atomic E-state index is -2.84. The van der Waals surface area contributed by atoms with Crippen molar-refractivity contribution >= 4 is 28.4 Å². The Hall–Kier alpha value is -2.65. The van der Waals surface area contributed by atoms with Gasteiger partial charge in [0.2, 0.25) is 5.91 Å². The van der Waals surface area contributed by atoms with E-state index in [1.54, 1.807) is 18.2 Å². The summed E-state index contributed by atoms with van der Waals surface area (Å²) in [6, 6.07) is 6.30. The van der Waals surface area contributed by atoms with Crippen molar-refractivity contribution in [2.24, 2.45) is 0 Å². The Labute approximate surface area is 176 Å². The second-order valence-electron chi connectivity index (χ2n) is 7.60. The van der Waals surface area contributed by atoms with Crippen molar-refractivity contribution in [3.8, 4) is 5.75 Å². The smallest absolute Gasteiger partial charge is 0.262 e.